The molecule has 0 spiro atoms. The van der Waals surface area contributed by atoms with E-state index in [1.807, 2.05) is 0 Å². The Balaban J connectivity index is 1.88. The molecule has 1 atom stereocenters. The number of amides is 2. The number of nitrogens with one attached hydrogen (secondary N) is 2. The fourth-order valence-corrected chi connectivity index (χ4v) is 2.24. The van der Waals surface area contributed by atoms with Gasteiger partial charge in [0.05, 0.1) is 19.7 Å². The number of ether oxygens (including phenoxy) is 1. The summed E-state index contributed by atoms with van der Waals surface area (Å²) in [7, 11) is 3.23. The average Bonchev–Trinajstić information content (AvgIpc) is 2.63. The predicted molar refractivity (Wildman–Crippen MR) is 98.7 cm³/mol. The van der Waals surface area contributed by atoms with E-state index in [1.165, 1.54) is 24.3 Å². The monoisotopic (exact) mass is 359 g/mol. The molecule has 0 heterocycles. The topological polar surface area (TPSA) is 70.7 Å². The Morgan fingerprint density at radius 3 is 2.46 bits per heavy atom. The van der Waals surface area contributed by atoms with Gasteiger partial charge in [-0.1, -0.05) is 6.07 Å². The third kappa shape index (κ3) is 5.56. The number of hydrogen-bond donors (Lipinski definition) is 2. The number of benzene rings is 2. The SMILES string of the molecule is COc1cccc(NC(=O)[C@H](C)N(C)CC(=O)Nc2ccc(F)cc2)c1. The molecule has 0 saturated carbocycles. The summed E-state index contributed by atoms with van der Waals surface area (Å²) in [5, 5.41) is 5.46. The maximum absolute atomic E-state index is 12.9. The summed E-state index contributed by atoms with van der Waals surface area (Å²) in [4.78, 5) is 26.1. The summed E-state index contributed by atoms with van der Waals surface area (Å²) >= 11 is 0. The number of rotatable bonds is 7. The standard InChI is InChI=1S/C19H22FN3O3/c1-13(19(25)22-16-5-4-6-17(11-16)26-3)23(2)12-18(24)21-15-9-7-14(20)8-10-15/h4-11,13H,12H2,1-3H3,(H,21,24)(H,22,25)/t13-/m0/s1. The summed E-state index contributed by atoms with van der Waals surface area (Å²) in [5.41, 5.74) is 1.11. The molecule has 2 aromatic carbocycles. The summed E-state index contributed by atoms with van der Waals surface area (Å²) in [5.74, 6) is -0.263. The molecule has 0 aliphatic heterocycles. The van der Waals surface area contributed by atoms with Crippen LogP contribution in [0.3, 0.4) is 0 Å². The first kappa shape index (κ1) is 19.4. The molecule has 2 N–H and O–H groups in total. The third-order valence-corrected chi connectivity index (χ3v) is 3.90. The van der Waals surface area contributed by atoms with Crippen LogP contribution in [0.5, 0.6) is 5.75 Å². The minimum atomic E-state index is -0.528. The molecule has 6 nitrogen and oxygen atoms in total. The Morgan fingerprint density at radius 2 is 1.81 bits per heavy atom. The lowest BCUT2D eigenvalue weighted by Gasteiger charge is -2.23. The van der Waals surface area contributed by atoms with Crippen LogP contribution in [0.1, 0.15) is 6.92 Å². The van der Waals surface area contributed by atoms with Gasteiger partial charge in [0, 0.05) is 17.4 Å². The van der Waals surface area contributed by atoms with Gasteiger partial charge in [-0.15, -0.1) is 0 Å². The van der Waals surface area contributed by atoms with Crippen molar-refractivity contribution in [2.75, 3.05) is 31.3 Å². The van der Waals surface area contributed by atoms with Crippen molar-refractivity contribution in [3.05, 3.63) is 54.3 Å². The van der Waals surface area contributed by atoms with Crippen LogP contribution in [-0.4, -0.2) is 43.5 Å². The number of likely N-dealkylation sites (N-methyl/N-ethyl adjacent to an activating group) is 1. The normalized spacial score (nSPS) is 11.7. The smallest absolute Gasteiger partial charge is 0.241 e. The lowest BCUT2D eigenvalue weighted by Crippen LogP contribution is -2.43. The van der Waals surface area contributed by atoms with E-state index >= 15 is 0 Å². The first-order chi connectivity index (χ1) is 12.4. The second kappa shape index (κ2) is 8.96. The number of carbonyl (C=O) groups is 2. The van der Waals surface area contributed by atoms with Crippen LogP contribution in [0, 0.1) is 5.82 Å². The highest BCUT2D eigenvalue weighted by Crippen LogP contribution is 2.17. The van der Waals surface area contributed by atoms with Crippen LogP contribution in [-0.2, 0) is 9.59 Å². The minimum absolute atomic E-state index is 0.0179. The summed E-state index contributed by atoms with van der Waals surface area (Å²) in [6.45, 7) is 1.73. The Bertz CT molecular complexity index is 765. The number of hydrogen-bond acceptors (Lipinski definition) is 4. The van der Waals surface area contributed by atoms with E-state index in [2.05, 4.69) is 10.6 Å². The van der Waals surface area contributed by atoms with E-state index < -0.39 is 6.04 Å². The fourth-order valence-electron chi connectivity index (χ4n) is 2.24. The van der Waals surface area contributed by atoms with Crippen molar-refractivity contribution in [3.8, 4) is 5.75 Å². The molecular weight excluding hydrogens is 337 g/mol. The largest absolute Gasteiger partial charge is 0.497 e. The molecule has 0 aliphatic carbocycles. The van der Waals surface area contributed by atoms with Crippen molar-refractivity contribution in [3.63, 3.8) is 0 Å². The molecule has 26 heavy (non-hydrogen) atoms. The average molecular weight is 359 g/mol. The van der Waals surface area contributed by atoms with Gasteiger partial charge < -0.3 is 15.4 Å². The predicted octanol–water partition coefficient (Wildman–Crippen LogP) is 2.73. The third-order valence-electron chi connectivity index (χ3n) is 3.90. The van der Waals surface area contributed by atoms with Gasteiger partial charge in [-0.2, -0.15) is 0 Å². The van der Waals surface area contributed by atoms with Gasteiger partial charge in [0.15, 0.2) is 0 Å². The maximum atomic E-state index is 12.9. The quantitative estimate of drug-likeness (QED) is 0.797. The van der Waals surface area contributed by atoms with Gasteiger partial charge in [0.25, 0.3) is 0 Å². The number of halogens is 1. The molecule has 0 bridgehead atoms. The van der Waals surface area contributed by atoms with Gasteiger partial charge in [-0.3, -0.25) is 14.5 Å². The fraction of sp³-hybridized carbons (Fsp3) is 0.263. The number of anilines is 2. The number of carbonyl (C=O) groups excluding carboxylic acids is 2. The first-order valence-corrected chi connectivity index (χ1v) is 8.09. The second-order valence-electron chi connectivity index (χ2n) is 5.87. The first-order valence-electron chi connectivity index (χ1n) is 8.09. The highest BCUT2D eigenvalue weighted by Gasteiger charge is 2.20. The molecule has 0 fully saturated rings. The molecule has 2 aromatic rings. The van der Waals surface area contributed by atoms with Crippen molar-refractivity contribution in [2.24, 2.45) is 0 Å². The molecule has 2 rings (SSSR count). The minimum Gasteiger partial charge on any atom is -0.497 e. The van der Waals surface area contributed by atoms with Gasteiger partial charge in [0.1, 0.15) is 11.6 Å². The van der Waals surface area contributed by atoms with Gasteiger partial charge >= 0.3 is 0 Å². The lowest BCUT2D eigenvalue weighted by molar-refractivity contribution is -0.122. The Hall–Kier alpha value is -2.93. The lowest BCUT2D eigenvalue weighted by atomic mass is 10.2. The molecule has 0 aromatic heterocycles. The van der Waals surface area contributed by atoms with Crippen LogP contribution in [0.2, 0.25) is 0 Å². The molecule has 0 radical (unpaired) electrons. The molecule has 7 heteroatoms. The zero-order chi connectivity index (χ0) is 19.1. The molecule has 138 valence electrons. The molecule has 0 saturated heterocycles. The van der Waals surface area contributed by atoms with Crippen LogP contribution in [0.25, 0.3) is 0 Å². The highest BCUT2D eigenvalue weighted by atomic mass is 19.1. The summed E-state index contributed by atoms with van der Waals surface area (Å²) in [6, 6.07) is 12.0. The van der Waals surface area contributed by atoms with Crippen LogP contribution in [0.4, 0.5) is 15.8 Å². The maximum Gasteiger partial charge on any atom is 0.241 e. The van der Waals surface area contributed by atoms with Crippen LogP contribution in [0.15, 0.2) is 48.5 Å². The highest BCUT2D eigenvalue weighted by molar-refractivity contribution is 5.96. The van der Waals surface area contributed by atoms with Crippen molar-refractivity contribution in [2.45, 2.75) is 13.0 Å². The molecule has 0 aliphatic rings. The van der Waals surface area contributed by atoms with Gasteiger partial charge in [0.2, 0.25) is 11.8 Å². The van der Waals surface area contributed by atoms with Gasteiger partial charge in [-0.05, 0) is 50.4 Å². The molecular formula is C19H22FN3O3. The molecule has 2 amide bonds. The summed E-state index contributed by atoms with van der Waals surface area (Å²) in [6.07, 6.45) is 0. The second-order valence-corrected chi connectivity index (χ2v) is 5.87. The van der Waals surface area contributed by atoms with Crippen molar-refractivity contribution >= 4 is 23.2 Å². The van der Waals surface area contributed by atoms with E-state index in [1.54, 1.807) is 50.2 Å². The number of nitrogens with zero attached hydrogens (tertiary/aromatic N) is 1. The Morgan fingerprint density at radius 1 is 1.12 bits per heavy atom. The van der Waals surface area contributed by atoms with E-state index in [0.29, 0.717) is 17.1 Å². The summed E-state index contributed by atoms with van der Waals surface area (Å²) < 4.78 is 18.0. The zero-order valence-corrected chi connectivity index (χ0v) is 15.0. The van der Waals surface area contributed by atoms with Crippen LogP contribution >= 0.6 is 0 Å². The van der Waals surface area contributed by atoms with E-state index in [-0.39, 0.29) is 24.2 Å². The van der Waals surface area contributed by atoms with E-state index in [4.69, 9.17) is 4.74 Å². The van der Waals surface area contributed by atoms with Crippen molar-refractivity contribution in [1.82, 2.24) is 4.90 Å². The van der Waals surface area contributed by atoms with Crippen LogP contribution < -0.4 is 15.4 Å². The molecule has 0 unspecified atom stereocenters. The van der Waals surface area contributed by atoms with E-state index in [0.717, 1.165) is 0 Å². The Kier molecular flexibility index (Phi) is 6.68. The van der Waals surface area contributed by atoms with Crippen molar-refractivity contribution < 1.29 is 18.7 Å². The van der Waals surface area contributed by atoms with E-state index in [9.17, 15) is 14.0 Å². The number of methoxy groups -OCH3 is 1. The zero-order valence-electron chi connectivity index (χ0n) is 15.0. The van der Waals surface area contributed by atoms with Crippen molar-refractivity contribution in [1.29, 1.82) is 0 Å². The Labute approximate surface area is 152 Å². The van der Waals surface area contributed by atoms with Gasteiger partial charge in [-0.25, -0.2) is 4.39 Å².